The third kappa shape index (κ3) is 2.18. The van der Waals surface area contributed by atoms with Gasteiger partial charge < -0.3 is 9.84 Å². The van der Waals surface area contributed by atoms with Gasteiger partial charge in [-0.05, 0) is 6.07 Å². The maximum Gasteiger partial charge on any atom is 0.122 e. The van der Waals surface area contributed by atoms with E-state index in [4.69, 9.17) is 9.84 Å². The Morgan fingerprint density at radius 3 is 2.69 bits per heavy atom. The predicted molar refractivity (Wildman–Crippen MR) is 48.8 cm³/mol. The van der Waals surface area contributed by atoms with Crippen molar-refractivity contribution < 1.29 is 14.2 Å². The summed E-state index contributed by atoms with van der Waals surface area (Å²) in [5.41, 5.74) is 0.718. The Hall–Kier alpha value is -1.09. The predicted octanol–water partition coefficient (Wildman–Crippen LogP) is 1.74. The molecule has 1 rings (SSSR count). The first-order valence-corrected chi connectivity index (χ1v) is 4.13. The summed E-state index contributed by atoms with van der Waals surface area (Å²) in [5.74, 6) is 0.148. The maximum absolute atomic E-state index is 12.4. The van der Waals surface area contributed by atoms with E-state index >= 15 is 0 Å². The van der Waals surface area contributed by atoms with E-state index in [-0.39, 0.29) is 6.61 Å². The molecule has 0 aliphatic heterocycles. The number of benzene rings is 1. The molecular formula is C10H13FO2. The molecule has 0 amide bonds. The molecular weight excluding hydrogens is 171 g/mol. The van der Waals surface area contributed by atoms with Crippen molar-refractivity contribution in [2.24, 2.45) is 0 Å². The average molecular weight is 184 g/mol. The second-order valence-corrected chi connectivity index (χ2v) is 2.78. The largest absolute Gasteiger partial charge is 0.496 e. The number of hydrogen-bond donors (Lipinski definition) is 1. The molecule has 0 radical (unpaired) electrons. The smallest absolute Gasteiger partial charge is 0.122 e. The number of aliphatic hydroxyl groups is 1. The lowest BCUT2D eigenvalue weighted by Gasteiger charge is -2.13. The molecule has 0 fully saturated rings. The van der Waals surface area contributed by atoms with Crippen molar-refractivity contribution in [1.82, 2.24) is 0 Å². The highest BCUT2D eigenvalue weighted by Crippen LogP contribution is 2.26. The summed E-state index contributed by atoms with van der Waals surface area (Å²) in [4.78, 5) is 0. The minimum atomic E-state index is -0.573. The van der Waals surface area contributed by atoms with Crippen LogP contribution >= 0.6 is 0 Å². The highest BCUT2D eigenvalue weighted by atomic mass is 19.1. The maximum atomic E-state index is 12.4. The first-order chi connectivity index (χ1) is 6.33. The Morgan fingerprint density at radius 1 is 1.46 bits per heavy atom. The summed E-state index contributed by atoms with van der Waals surface area (Å²) in [6.07, 6.45) is 0. The summed E-state index contributed by atoms with van der Waals surface area (Å²) < 4.78 is 17.5. The van der Waals surface area contributed by atoms with Crippen LogP contribution in [0.4, 0.5) is 4.39 Å². The summed E-state index contributed by atoms with van der Waals surface area (Å²) in [6, 6.07) is 7.14. The average Bonchev–Trinajstić information content (AvgIpc) is 2.20. The number of alkyl halides is 1. The molecule has 0 saturated heterocycles. The van der Waals surface area contributed by atoms with Crippen molar-refractivity contribution in [3.8, 4) is 5.75 Å². The van der Waals surface area contributed by atoms with Gasteiger partial charge in [0.25, 0.3) is 0 Å². The summed E-state index contributed by atoms with van der Waals surface area (Å²) in [7, 11) is 1.53. The van der Waals surface area contributed by atoms with Gasteiger partial charge in [0.05, 0.1) is 20.4 Å². The fraction of sp³-hybridized carbons (Fsp3) is 0.400. The fourth-order valence-electron chi connectivity index (χ4n) is 1.23. The Morgan fingerprint density at radius 2 is 2.15 bits per heavy atom. The zero-order chi connectivity index (χ0) is 9.68. The minimum absolute atomic E-state index is 0.198. The number of aliphatic hydroxyl groups excluding tert-OH is 1. The summed E-state index contributed by atoms with van der Waals surface area (Å²) >= 11 is 0. The molecule has 0 saturated carbocycles. The second-order valence-electron chi connectivity index (χ2n) is 2.78. The molecule has 1 unspecified atom stereocenters. The van der Waals surface area contributed by atoms with Crippen molar-refractivity contribution in [2.45, 2.75) is 5.92 Å². The lowest BCUT2D eigenvalue weighted by Crippen LogP contribution is -2.07. The van der Waals surface area contributed by atoms with Crippen LogP contribution in [0.15, 0.2) is 24.3 Å². The van der Waals surface area contributed by atoms with Gasteiger partial charge in [-0.25, -0.2) is 0 Å². The van der Waals surface area contributed by atoms with E-state index in [1.165, 1.54) is 7.11 Å². The first-order valence-electron chi connectivity index (χ1n) is 4.13. The zero-order valence-electron chi connectivity index (χ0n) is 7.53. The fourth-order valence-corrected chi connectivity index (χ4v) is 1.23. The van der Waals surface area contributed by atoms with E-state index in [1.54, 1.807) is 18.2 Å². The van der Waals surface area contributed by atoms with Crippen LogP contribution in [-0.4, -0.2) is 25.5 Å². The van der Waals surface area contributed by atoms with Gasteiger partial charge in [-0.15, -0.1) is 0 Å². The van der Waals surface area contributed by atoms with Gasteiger partial charge in [0.15, 0.2) is 0 Å². The number of methoxy groups -OCH3 is 1. The van der Waals surface area contributed by atoms with E-state index in [9.17, 15) is 4.39 Å². The topological polar surface area (TPSA) is 29.5 Å². The lowest BCUT2D eigenvalue weighted by molar-refractivity contribution is 0.238. The number of ether oxygens (including phenoxy) is 1. The molecule has 1 aromatic carbocycles. The molecule has 0 spiro atoms. The van der Waals surface area contributed by atoms with Crippen LogP contribution in [0.25, 0.3) is 0 Å². The number of para-hydroxylation sites is 1. The van der Waals surface area contributed by atoms with Crippen LogP contribution in [0.2, 0.25) is 0 Å². The van der Waals surface area contributed by atoms with E-state index in [0.717, 1.165) is 5.56 Å². The molecule has 3 heteroatoms. The Labute approximate surface area is 77.0 Å². The van der Waals surface area contributed by atoms with Crippen molar-refractivity contribution in [1.29, 1.82) is 0 Å². The molecule has 13 heavy (non-hydrogen) atoms. The molecule has 0 aromatic heterocycles. The standard InChI is InChI=1S/C10H13FO2/c1-13-10-5-3-2-4-9(10)8(6-11)7-12/h2-5,8,12H,6-7H2,1H3. The SMILES string of the molecule is COc1ccccc1C(CO)CF. The van der Waals surface area contributed by atoms with E-state index in [1.807, 2.05) is 6.07 Å². The van der Waals surface area contributed by atoms with Gasteiger partial charge in [0.2, 0.25) is 0 Å². The van der Waals surface area contributed by atoms with Crippen molar-refractivity contribution in [3.05, 3.63) is 29.8 Å². The molecule has 0 bridgehead atoms. The molecule has 0 aliphatic carbocycles. The molecule has 1 atom stereocenters. The highest BCUT2D eigenvalue weighted by Gasteiger charge is 2.13. The molecule has 0 heterocycles. The van der Waals surface area contributed by atoms with Crippen LogP contribution in [-0.2, 0) is 0 Å². The third-order valence-corrected chi connectivity index (χ3v) is 1.99. The second kappa shape index (κ2) is 4.82. The van der Waals surface area contributed by atoms with Gasteiger partial charge >= 0.3 is 0 Å². The Balaban J connectivity index is 2.96. The Bertz CT molecular complexity index is 259. The van der Waals surface area contributed by atoms with Gasteiger partial charge in [-0.1, -0.05) is 18.2 Å². The molecule has 1 aromatic rings. The normalized spacial score (nSPS) is 12.5. The van der Waals surface area contributed by atoms with Crippen LogP contribution < -0.4 is 4.74 Å². The van der Waals surface area contributed by atoms with Crippen molar-refractivity contribution in [2.75, 3.05) is 20.4 Å². The Kier molecular flexibility index (Phi) is 3.71. The zero-order valence-corrected chi connectivity index (χ0v) is 7.53. The van der Waals surface area contributed by atoms with Crippen LogP contribution in [0, 0.1) is 0 Å². The quantitative estimate of drug-likeness (QED) is 0.772. The first kappa shape index (κ1) is 9.99. The van der Waals surface area contributed by atoms with E-state index in [2.05, 4.69) is 0 Å². The van der Waals surface area contributed by atoms with Gasteiger partial charge in [-0.2, -0.15) is 0 Å². The summed E-state index contributed by atoms with van der Waals surface area (Å²) in [6.45, 7) is -0.770. The lowest BCUT2D eigenvalue weighted by atomic mass is 10.0. The number of hydrogen-bond acceptors (Lipinski definition) is 2. The molecule has 2 nitrogen and oxygen atoms in total. The monoisotopic (exact) mass is 184 g/mol. The molecule has 72 valence electrons. The van der Waals surface area contributed by atoms with E-state index < -0.39 is 12.6 Å². The van der Waals surface area contributed by atoms with Gasteiger partial charge in [0, 0.05) is 11.5 Å². The van der Waals surface area contributed by atoms with Crippen LogP contribution in [0.3, 0.4) is 0 Å². The van der Waals surface area contributed by atoms with E-state index in [0.29, 0.717) is 5.75 Å². The van der Waals surface area contributed by atoms with Crippen molar-refractivity contribution >= 4 is 0 Å². The van der Waals surface area contributed by atoms with Gasteiger partial charge in [0.1, 0.15) is 5.75 Å². The summed E-state index contributed by atoms with van der Waals surface area (Å²) in [5, 5.41) is 8.90. The van der Waals surface area contributed by atoms with Crippen LogP contribution in [0.1, 0.15) is 11.5 Å². The number of halogens is 1. The van der Waals surface area contributed by atoms with Crippen molar-refractivity contribution in [3.63, 3.8) is 0 Å². The van der Waals surface area contributed by atoms with Gasteiger partial charge in [-0.3, -0.25) is 4.39 Å². The van der Waals surface area contributed by atoms with Crippen LogP contribution in [0.5, 0.6) is 5.75 Å². The molecule has 1 N–H and O–H groups in total. The third-order valence-electron chi connectivity index (χ3n) is 1.99. The molecule has 0 aliphatic rings. The number of rotatable bonds is 4. The minimum Gasteiger partial charge on any atom is -0.496 e. The highest BCUT2D eigenvalue weighted by molar-refractivity contribution is 5.36.